The molecule has 0 bridgehead atoms. The average Bonchev–Trinajstić information content (AvgIpc) is 3.46. The standard InChI is InChI=1S/C32H33N5O3/c1-21(38)36-32(2,26-11-6-10-24(19-26)23-8-4-3-5-9-23)31(40)37-17-7-12-28(37)30(39)35-20-22-13-14-27-25(18-22)15-16-34-29(27)33/h3-6,8-11,13-16,18-19,28H,7,12,17,20H2,1-2H3,(H2,33,34)(H,35,39)(H,36,38)/t28-,32+/m0/s1. The molecule has 0 spiro atoms. The monoisotopic (exact) mass is 535 g/mol. The van der Waals surface area contributed by atoms with Crippen molar-refractivity contribution in [3.63, 3.8) is 0 Å². The lowest BCUT2D eigenvalue weighted by Crippen LogP contribution is -2.58. The average molecular weight is 536 g/mol. The van der Waals surface area contributed by atoms with Gasteiger partial charge in [-0.25, -0.2) is 4.98 Å². The van der Waals surface area contributed by atoms with Crippen LogP contribution in [0.3, 0.4) is 0 Å². The number of carbonyl (C=O) groups excluding carboxylic acids is 3. The van der Waals surface area contributed by atoms with Gasteiger partial charge in [0.15, 0.2) is 0 Å². The second-order valence-corrected chi connectivity index (χ2v) is 10.4. The summed E-state index contributed by atoms with van der Waals surface area (Å²) in [5, 5.41) is 7.70. The molecule has 0 radical (unpaired) electrons. The third-order valence-corrected chi connectivity index (χ3v) is 7.54. The van der Waals surface area contributed by atoms with Crippen LogP contribution >= 0.6 is 0 Å². The summed E-state index contributed by atoms with van der Waals surface area (Å²) in [5.41, 5.74) is 8.13. The molecule has 4 aromatic rings. The molecule has 3 amide bonds. The van der Waals surface area contributed by atoms with Crippen LogP contribution in [0.2, 0.25) is 0 Å². The van der Waals surface area contributed by atoms with E-state index in [2.05, 4.69) is 15.6 Å². The maximum absolute atomic E-state index is 14.1. The van der Waals surface area contributed by atoms with Crippen molar-refractivity contribution in [3.05, 3.63) is 96.2 Å². The van der Waals surface area contributed by atoms with Gasteiger partial charge in [-0.15, -0.1) is 0 Å². The van der Waals surface area contributed by atoms with Crippen LogP contribution in [0.25, 0.3) is 21.9 Å². The van der Waals surface area contributed by atoms with Crippen molar-refractivity contribution in [3.8, 4) is 11.1 Å². The van der Waals surface area contributed by atoms with Gasteiger partial charge in [-0.05, 0) is 65.6 Å². The van der Waals surface area contributed by atoms with Gasteiger partial charge >= 0.3 is 0 Å². The Labute approximate surface area is 233 Å². The first-order chi connectivity index (χ1) is 19.3. The van der Waals surface area contributed by atoms with Gasteiger partial charge in [-0.2, -0.15) is 0 Å². The van der Waals surface area contributed by atoms with E-state index in [0.29, 0.717) is 37.3 Å². The third-order valence-electron chi connectivity index (χ3n) is 7.54. The van der Waals surface area contributed by atoms with Crippen LogP contribution in [0.4, 0.5) is 5.82 Å². The second kappa shape index (κ2) is 11.2. The number of fused-ring (bicyclic) bond motifs is 1. The van der Waals surface area contributed by atoms with Crippen molar-refractivity contribution in [2.24, 2.45) is 0 Å². The molecule has 0 saturated carbocycles. The highest BCUT2D eigenvalue weighted by atomic mass is 16.2. The van der Waals surface area contributed by atoms with Gasteiger partial charge in [0.2, 0.25) is 11.8 Å². The Morgan fingerprint density at radius 1 is 1.00 bits per heavy atom. The van der Waals surface area contributed by atoms with Gasteiger partial charge in [0.25, 0.3) is 5.91 Å². The van der Waals surface area contributed by atoms with E-state index in [9.17, 15) is 14.4 Å². The summed E-state index contributed by atoms with van der Waals surface area (Å²) in [5.74, 6) is -0.388. The number of pyridine rings is 1. The maximum Gasteiger partial charge on any atom is 0.253 e. The number of benzene rings is 3. The molecule has 5 rings (SSSR count). The molecule has 0 aliphatic carbocycles. The molecule has 2 atom stereocenters. The van der Waals surface area contributed by atoms with Crippen molar-refractivity contribution in [2.45, 2.75) is 44.8 Å². The fraction of sp³-hybridized carbons (Fsp3) is 0.250. The largest absolute Gasteiger partial charge is 0.383 e. The SMILES string of the molecule is CC(=O)N[C@@](C)(C(=O)N1CCC[C@H]1C(=O)NCc1ccc2c(N)nccc2c1)c1cccc(-c2ccccc2)c1. The normalized spacial score (nSPS) is 16.4. The van der Waals surface area contributed by atoms with Crippen LogP contribution < -0.4 is 16.4 Å². The maximum atomic E-state index is 14.1. The minimum atomic E-state index is -1.34. The Morgan fingerprint density at radius 3 is 2.55 bits per heavy atom. The number of anilines is 1. The number of amides is 3. The van der Waals surface area contributed by atoms with E-state index in [1.807, 2.05) is 78.9 Å². The number of nitrogens with zero attached hydrogens (tertiary/aromatic N) is 2. The van der Waals surface area contributed by atoms with Gasteiger partial charge < -0.3 is 21.3 Å². The fourth-order valence-corrected chi connectivity index (χ4v) is 5.48. The summed E-state index contributed by atoms with van der Waals surface area (Å²) >= 11 is 0. The lowest BCUT2D eigenvalue weighted by Gasteiger charge is -2.36. The van der Waals surface area contributed by atoms with E-state index < -0.39 is 11.6 Å². The Hall–Kier alpha value is -4.72. The molecular weight excluding hydrogens is 502 g/mol. The number of likely N-dealkylation sites (tertiary alicyclic amines) is 1. The molecule has 3 aromatic carbocycles. The quantitative estimate of drug-likeness (QED) is 0.329. The molecule has 1 fully saturated rings. The van der Waals surface area contributed by atoms with E-state index in [1.54, 1.807) is 18.0 Å². The number of nitrogens with two attached hydrogens (primary N) is 1. The molecule has 8 heteroatoms. The van der Waals surface area contributed by atoms with Crippen molar-refractivity contribution in [1.82, 2.24) is 20.5 Å². The van der Waals surface area contributed by atoms with E-state index in [4.69, 9.17) is 5.73 Å². The van der Waals surface area contributed by atoms with E-state index in [-0.39, 0.29) is 17.7 Å². The van der Waals surface area contributed by atoms with E-state index in [0.717, 1.165) is 27.5 Å². The number of rotatable bonds is 7. The highest BCUT2D eigenvalue weighted by molar-refractivity contribution is 5.96. The molecule has 2 heterocycles. The molecule has 1 saturated heterocycles. The summed E-state index contributed by atoms with van der Waals surface area (Å²) < 4.78 is 0. The molecule has 1 aromatic heterocycles. The first kappa shape index (κ1) is 26.9. The zero-order chi connectivity index (χ0) is 28.3. The molecule has 4 N–H and O–H groups in total. The topological polar surface area (TPSA) is 117 Å². The van der Waals surface area contributed by atoms with Crippen LogP contribution in [0, 0.1) is 0 Å². The second-order valence-electron chi connectivity index (χ2n) is 10.4. The number of nitrogens with one attached hydrogen (secondary N) is 2. The van der Waals surface area contributed by atoms with Crippen LogP contribution in [0.5, 0.6) is 0 Å². The van der Waals surface area contributed by atoms with Gasteiger partial charge in [0.1, 0.15) is 17.4 Å². The first-order valence-corrected chi connectivity index (χ1v) is 13.4. The van der Waals surface area contributed by atoms with Crippen LogP contribution in [-0.2, 0) is 26.5 Å². The van der Waals surface area contributed by atoms with Gasteiger partial charge in [-0.3, -0.25) is 14.4 Å². The highest BCUT2D eigenvalue weighted by Gasteiger charge is 2.44. The number of aromatic nitrogens is 1. The molecule has 40 heavy (non-hydrogen) atoms. The molecule has 0 unspecified atom stereocenters. The minimum absolute atomic E-state index is 0.219. The van der Waals surface area contributed by atoms with Crippen molar-refractivity contribution in [1.29, 1.82) is 0 Å². The predicted molar refractivity (Wildman–Crippen MR) is 156 cm³/mol. The van der Waals surface area contributed by atoms with Crippen LogP contribution in [-0.4, -0.2) is 40.2 Å². The Morgan fingerprint density at radius 2 is 1.77 bits per heavy atom. The Balaban J connectivity index is 1.36. The summed E-state index contributed by atoms with van der Waals surface area (Å²) in [6, 6.07) is 24.5. The summed E-state index contributed by atoms with van der Waals surface area (Å²) in [7, 11) is 0. The van der Waals surface area contributed by atoms with Crippen LogP contribution in [0.1, 0.15) is 37.8 Å². The molecule has 1 aliphatic rings. The molecule has 204 valence electrons. The summed E-state index contributed by atoms with van der Waals surface area (Å²) in [4.78, 5) is 45.5. The fourth-order valence-electron chi connectivity index (χ4n) is 5.48. The van der Waals surface area contributed by atoms with Crippen LogP contribution in [0.15, 0.2) is 85.1 Å². The van der Waals surface area contributed by atoms with E-state index in [1.165, 1.54) is 6.92 Å². The third kappa shape index (κ3) is 5.38. The number of nitrogen functional groups attached to an aromatic ring is 1. The summed E-state index contributed by atoms with van der Waals surface area (Å²) in [6.07, 6.45) is 2.91. The molecule has 8 nitrogen and oxygen atoms in total. The lowest BCUT2D eigenvalue weighted by molar-refractivity contribution is -0.145. The number of hydrogen-bond donors (Lipinski definition) is 3. The number of hydrogen-bond acceptors (Lipinski definition) is 5. The lowest BCUT2D eigenvalue weighted by atomic mass is 9.87. The van der Waals surface area contributed by atoms with E-state index >= 15 is 0 Å². The Bertz CT molecular complexity index is 1570. The zero-order valence-electron chi connectivity index (χ0n) is 22.7. The van der Waals surface area contributed by atoms with Crippen molar-refractivity contribution < 1.29 is 14.4 Å². The molecular formula is C32H33N5O3. The van der Waals surface area contributed by atoms with Crippen molar-refractivity contribution >= 4 is 34.3 Å². The number of carbonyl (C=O) groups is 3. The van der Waals surface area contributed by atoms with Gasteiger partial charge in [0, 0.05) is 31.6 Å². The van der Waals surface area contributed by atoms with Gasteiger partial charge in [-0.1, -0.05) is 60.7 Å². The Kier molecular flexibility index (Phi) is 7.51. The summed E-state index contributed by atoms with van der Waals surface area (Å²) in [6.45, 7) is 3.86. The van der Waals surface area contributed by atoms with Crippen molar-refractivity contribution in [2.75, 3.05) is 12.3 Å². The molecule has 1 aliphatic heterocycles. The smallest absolute Gasteiger partial charge is 0.253 e. The first-order valence-electron chi connectivity index (χ1n) is 13.4. The zero-order valence-corrected chi connectivity index (χ0v) is 22.7. The van der Waals surface area contributed by atoms with Gasteiger partial charge in [0.05, 0.1) is 0 Å². The minimum Gasteiger partial charge on any atom is -0.383 e. The highest BCUT2D eigenvalue weighted by Crippen LogP contribution is 2.31. The predicted octanol–water partition coefficient (Wildman–Crippen LogP) is 4.14.